The Bertz CT molecular complexity index is 839. The number of aromatic nitrogens is 1. The maximum atomic E-state index is 13.2. The van der Waals surface area contributed by atoms with Gasteiger partial charge in [-0.05, 0) is 93.3 Å². The number of hydrogen-bond acceptors (Lipinski definition) is 3. The van der Waals surface area contributed by atoms with E-state index in [0.717, 1.165) is 25.9 Å². The van der Waals surface area contributed by atoms with E-state index in [1.807, 2.05) is 24.5 Å². The Morgan fingerprint density at radius 1 is 1.00 bits per heavy atom. The van der Waals surface area contributed by atoms with Gasteiger partial charge >= 0.3 is 0 Å². The molecule has 1 amide bonds. The Balaban J connectivity index is 1.26. The first-order chi connectivity index (χ1) is 15.7. The van der Waals surface area contributed by atoms with E-state index in [2.05, 4.69) is 46.0 Å². The number of carbonyl (C=O) groups excluding carboxylic acids is 1. The summed E-state index contributed by atoms with van der Waals surface area (Å²) >= 11 is 0. The minimum absolute atomic E-state index is 0.357. The number of hydrogen-bond donors (Lipinski definition) is 0. The molecule has 0 N–H and O–H groups in total. The quantitative estimate of drug-likeness (QED) is 0.555. The predicted molar refractivity (Wildman–Crippen MR) is 131 cm³/mol. The molecule has 1 aromatic carbocycles. The molecule has 1 aliphatic heterocycles. The zero-order valence-electron chi connectivity index (χ0n) is 19.7. The fraction of sp³-hybridized carbons (Fsp3) is 0.571. The highest BCUT2D eigenvalue weighted by atomic mass is 16.2. The molecule has 0 spiro atoms. The van der Waals surface area contributed by atoms with E-state index in [1.54, 1.807) is 0 Å². The zero-order chi connectivity index (χ0) is 22.2. The van der Waals surface area contributed by atoms with Crippen LogP contribution < -0.4 is 0 Å². The van der Waals surface area contributed by atoms with Crippen molar-refractivity contribution in [3.63, 3.8) is 0 Å². The van der Waals surface area contributed by atoms with Gasteiger partial charge in [0.2, 0.25) is 5.91 Å². The summed E-state index contributed by atoms with van der Waals surface area (Å²) in [7, 11) is 0. The lowest BCUT2D eigenvalue weighted by Crippen LogP contribution is -2.45. The maximum absolute atomic E-state index is 13.2. The number of nitrogens with zero attached hydrogens (tertiary/aromatic N) is 3. The van der Waals surface area contributed by atoms with E-state index >= 15 is 0 Å². The number of benzene rings is 1. The van der Waals surface area contributed by atoms with Gasteiger partial charge in [0.1, 0.15) is 0 Å². The lowest BCUT2D eigenvalue weighted by atomic mass is 9.94. The van der Waals surface area contributed by atoms with Crippen molar-refractivity contribution in [2.45, 2.75) is 70.8 Å². The fourth-order valence-corrected chi connectivity index (χ4v) is 5.45. The van der Waals surface area contributed by atoms with Crippen LogP contribution in [-0.2, 0) is 17.6 Å². The summed E-state index contributed by atoms with van der Waals surface area (Å²) in [5.74, 6) is 1.01. The molecule has 2 heterocycles. The van der Waals surface area contributed by atoms with Crippen molar-refractivity contribution >= 4 is 5.91 Å². The second kappa shape index (κ2) is 11.6. The first-order valence-corrected chi connectivity index (χ1v) is 12.6. The molecule has 2 aliphatic rings. The molecule has 1 saturated carbocycles. The molecule has 172 valence electrons. The Morgan fingerprint density at radius 3 is 2.44 bits per heavy atom. The molecule has 0 atom stereocenters. The van der Waals surface area contributed by atoms with Crippen LogP contribution >= 0.6 is 0 Å². The van der Waals surface area contributed by atoms with Crippen molar-refractivity contribution in [2.24, 2.45) is 5.92 Å². The molecule has 2 aromatic rings. The normalized spacial score (nSPS) is 18.2. The van der Waals surface area contributed by atoms with Gasteiger partial charge in [-0.2, -0.15) is 0 Å². The fourth-order valence-electron chi connectivity index (χ4n) is 5.45. The van der Waals surface area contributed by atoms with Crippen LogP contribution in [0.4, 0.5) is 0 Å². The van der Waals surface area contributed by atoms with Crippen molar-refractivity contribution in [1.82, 2.24) is 14.8 Å². The second-order valence-corrected chi connectivity index (χ2v) is 9.80. The average molecular weight is 434 g/mol. The highest BCUT2D eigenvalue weighted by Gasteiger charge is 2.30. The van der Waals surface area contributed by atoms with Gasteiger partial charge in [-0.25, -0.2) is 0 Å². The van der Waals surface area contributed by atoms with Crippen LogP contribution in [-0.4, -0.2) is 52.9 Å². The van der Waals surface area contributed by atoms with Gasteiger partial charge in [0.05, 0.1) is 0 Å². The molecule has 1 aromatic heterocycles. The SMILES string of the molecule is Cc1ccccc1CCN1CCC(CN(C(=O)CCc2ccncc2)C2CCCC2)CC1. The molecule has 1 aliphatic carbocycles. The number of rotatable bonds is 9. The summed E-state index contributed by atoms with van der Waals surface area (Å²) in [6.07, 6.45) is 13.6. The van der Waals surface area contributed by atoms with E-state index in [0.29, 0.717) is 24.3 Å². The van der Waals surface area contributed by atoms with E-state index in [1.165, 1.54) is 68.3 Å². The summed E-state index contributed by atoms with van der Waals surface area (Å²) in [4.78, 5) is 22.2. The second-order valence-electron chi connectivity index (χ2n) is 9.80. The molecular formula is C28H39N3O. The Labute approximate surface area is 194 Å². The van der Waals surface area contributed by atoms with E-state index < -0.39 is 0 Å². The number of aryl methyl sites for hydroxylation is 2. The molecule has 0 bridgehead atoms. The number of pyridine rings is 1. The molecule has 4 heteroatoms. The van der Waals surface area contributed by atoms with Gasteiger partial charge in [-0.15, -0.1) is 0 Å². The van der Waals surface area contributed by atoms with Gasteiger partial charge in [-0.3, -0.25) is 9.78 Å². The highest BCUT2D eigenvalue weighted by Crippen LogP contribution is 2.28. The molecule has 1 saturated heterocycles. The summed E-state index contributed by atoms with van der Waals surface area (Å²) in [6, 6.07) is 13.3. The summed E-state index contributed by atoms with van der Waals surface area (Å²) in [6.45, 7) is 6.66. The van der Waals surface area contributed by atoms with Crippen LogP contribution in [0.2, 0.25) is 0 Å². The minimum atomic E-state index is 0.357. The minimum Gasteiger partial charge on any atom is -0.339 e. The number of carbonyl (C=O) groups is 1. The van der Waals surface area contributed by atoms with Gasteiger partial charge in [0, 0.05) is 37.9 Å². The molecule has 4 nitrogen and oxygen atoms in total. The van der Waals surface area contributed by atoms with Crippen molar-refractivity contribution in [3.05, 3.63) is 65.5 Å². The van der Waals surface area contributed by atoms with Gasteiger partial charge in [0.15, 0.2) is 0 Å². The van der Waals surface area contributed by atoms with Gasteiger partial charge in [-0.1, -0.05) is 37.1 Å². The Kier molecular flexibility index (Phi) is 8.33. The lowest BCUT2D eigenvalue weighted by molar-refractivity contribution is -0.134. The Morgan fingerprint density at radius 2 is 1.72 bits per heavy atom. The lowest BCUT2D eigenvalue weighted by Gasteiger charge is -2.37. The maximum Gasteiger partial charge on any atom is 0.223 e. The van der Waals surface area contributed by atoms with Crippen molar-refractivity contribution < 1.29 is 4.79 Å². The largest absolute Gasteiger partial charge is 0.339 e. The summed E-state index contributed by atoms with van der Waals surface area (Å²) < 4.78 is 0. The number of piperidine rings is 1. The van der Waals surface area contributed by atoms with Crippen molar-refractivity contribution in [2.75, 3.05) is 26.2 Å². The third kappa shape index (κ3) is 6.41. The van der Waals surface area contributed by atoms with Gasteiger partial charge < -0.3 is 9.80 Å². The third-order valence-corrected chi connectivity index (χ3v) is 7.58. The van der Waals surface area contributed by atoms with Crippen LogP contribution in [0.3, 0.4) is 0 Å². The molecule has 0 radical (unpaired) electrons. The smallest absolute Gasteiger partial charge is 0.223 e. The zero-order valence-corrected chi connectivity index (χ0v) is 19.7. The topological polar surface area (TPSA) is 36.4 Å². The van der Waals surface area contributed by atoms with Crippen LogP contribution in [0.15, 0.2) is 48.8 Å². The van der Waals surface area contributed by atoms with Crippen LogP contribution in [0.5, 0.6) is 0 Å². The van der Waals surface area contributed by atoms with Gasteiger partial charge in [0.25, 0.3) is 0 Å². The molecule has 32 heavy (non-hydrogen) atoms. The van der Waals surface area contributed by atoms with E-state index in [-0.39, 0.29) is 0 Å². The average Bonchev–Trinajstić information content (AvgIpc) is 3.36. The summed E-state index contributed by atoms with van der Waals surface area (Å²) in [5, 5.41) is 0. The van der Waals surface area contributed by atoms with Crippen LogP contribution in [0, 0.1) is 12.8 Å². The monoisotopic (exact) mass is 433 g/mol. The Hall–Kier alpha value is -2.20. The van der Waals surface area contributed by atoms with Crippen LogP contribution in [0.1, 0.15) is 61.6 Å². The van der Waals surface area contributed by atoms with Crippen LogP contribution in [0.25, 0.3) is 0 Å². The summed E-state index contributed by atoms with van der Waals surface area (Å²) in [5.41, 5.74) is 4.09. The van der Waals surface area contributed by atoms with Crippen molar-refractivity contribution in [3.8, 4) is 0 Å². The molecule has 4 rings (SSSR count). The first-order valence-electron chi connectivity index (χ1n) is 12.6. The predicted octanol–water partition coefficient (Wildman–Crippen LogP) is 5.05. The standard InChI is InChI=1S/C28H39N3O/c1-23-6-2-3-7-26(23)16-21-30-19-14-25(15-20-30)22-31(27-8-4-5-9-27)28(32)11-10-24-12-17-29-18-13-24/h2-3,6-7,12-13,17-18,25,27H,4-5,8-11,14-16,19-22H2,1H3. The molecular weight excluding hydrogens is 394 g/mol. The van der Waals surface area contributed by atoms with E-state index in [4.69, 9.17) is 0 Å². The molecule has 0 unspecified atom stereocenters. The molecule has 2 fully saturated rings. The third-order valence-electron chi connectivity index (χ3n) is 7.58. The first kappa shape index (κ1) is 23.0. The highest BCUT2D eigenvalue weighted by molar-refractivity contribution is 5.76. The number of likely N-dealkylation sites (tertiary alicyclic amines) is 1. The van der Waals surface area contributed by atoms with Crippen molar-refractivity contribution in [1.29, 1.82) is 0 Å². The van der Waals surface area contributed by atoms with E-state index in [9.17, 15) is 4.79 Å². The number of amides is 1.